The number of anilines is 1. The Bertz CT molecular complexity index is 802. The first kappa shape index (κ1) is 16.0. The van der Waals surface area contributed by atoms with E-state index in [9.17, 15) is 14.0 Å². The summed E-state index contributed by atoms with van der Waals surface area (Å²) in [5.74, 6) is -2.08. The number of nitrogens with zero attached hydrogens (tertiary/aromatic N) is 2. The molecule has 0 saturated carbocycles. The highest BCUT2D eigenvalue weighted by molar-refractivity contribution is 6.29. The molecule has 24 heavy (non-hydrogen) atoms. The molecular weight excluding hydrogens is 311 g/mol. The molecule has 2 amide bonds. The predicted octanol–water partition coefficient (Wildman–Crippen LogP) is 2.16. The molecule has 1 unspecified atom stereocenters. The van der Waals surface area contributed by atoms with Gasteiger partial charge in [0, 0.05) is 11.8 Å². The minimum Gasteiger partial charge on any atom is -0.394 e. The lowest BCUT2D eigenvalue weighted by molar-refractivity contribution is -0.118. The highest BCUT2D eigenvalue weighted by Gasteiger charge is 2.38. The van der Waals surface area contributed by atoms with Gasteiger partial charge in [0.25, 0.3) is 5.91 Å². The average molecular weight is 326 g/mol. The number of aliphatic imine (C=N–C) groups is 1. The van der Waals surface area contributed by atoms with Crippen LogP contribution >= 0.6 is 0 Å². The van der Waals surface area contributed by atoms with Gasteiger partial charge in [0.05, 0.1) is 24.8 Å². The van der Waals surface area contributed by atoms with Crippen LogP contribution in [0.5, 0.6) is 0 Å². The second-order valence-electron chi connectivity index (χ2n) is 5.30. The number of amides is 2. The molecule has 3 rings (SSSR count). The van der Waals surface area contributed by atoms with Gasteiger partial charge in [-0.2, -0.15) is 0 Å². The summed E-state index contributed by atoms with van der Waals surface area (Å²) in [6.07, 6.45) is 1.44. The Morgan fingerprint density at radius 3 is 2.54 bits per heavy atom. The third-order valence-electron chi connectivity index (χ3n) is 3.78. The summed E-state index contributed by atoms with van der Waals surface area (Å²) in [5, 5.41) is 8.86. The zero-order valence-electron chi connectivity index (χ0n) is 12.7. The van der Waals surface area contributed by atoms with E-state index in [-0.39, 0.29) is 13.2 Å². The van der Waals surface area contributed by atoms with Crippen LogP contribution in [-0.4, -0.2) is 36.3 Å². The van der Waals surface area contributed by atoms with Crippen molar-refractivity contribution in [2.24, 2.45) is 4.99 Å². The number of imide groups is 1. The van der Waals surface area contributed by atoms with Gasteiger partial charge in [0.2, 0.25) is 5.91 Å². The summed E-state index contributed by atoms with van der Waals surface area (Å²) in [6, 6.07) is 12.0. The fourth-order valence-corrected chi connectivity index (χ4v) is 2.67. The van der Waals surface area contributed by atoms with Crippen LogP contribution in [0.2, 0.25) is 0 Å². The van der Waals surface area contributed by atoms with E-state index in [4.69, 9.17) is 5.11 Å². The van der Waals surface area contributed by atoms with E-state index < -0.39 is 23.5 Å². The van der Waals surface area contributed by atoms with Crippen molar-refractivity contribution in [3.8, 4) is 0 Å². The third-order valence-corrected chi connectivity index (χ3v) is 3.78. The van der Waals surface area contributed by atoms with Gasteiger partial charge < -0.3 is 5.11 Å². The molecule has 122 valence electrons. The SMILES string of the molecule is O=C1c2ccccc2C(C=NCCO)C(=O)N1c1ccc(F)cc1. The van der Waals surface area contributed by atoms with Gasteiger partial charge in [0.1, 0.15) is 5.82 Å². The van der Waals surface area contributed by atoms with E-state index in [2.05, 4.69) is 4.99 Å². The van der Waals surface area contributed by atoms with Crippen LogP contribution in [0.3, 0.4) is 0 Å². The molecule has 0 aliphatic carbocycles. The van der Waals surface area contributed by atoms with E-state index in [1.165, 1.54) is 30.5 Å². The molecular formula is C18H15FN2O3. The molecule has 0 saturated heterocycles. The van der Waals surface area contributed by atoms with Gasteiger partial charge >= 0.3 is 0 Å². The highest BCUT2D eigenvalue weighted by atomic mass is 19.1. The van der Waals surface area contributed by atoms with E-state index >= 15 is 0 Å². The highest BCUT2D eigenvalue weighted by Crippen LogP contribution is 2.31. The quantitative estimate of drug-likeness (QED) is 0.691. The number of hydrogen-bond acceptors (Lipinski definition) is 4. The summed E-state index contributed by atoms with van der Waals surface area (Å²) in [4.78, 5) is 30.6. The predicted molar refractivity (Wildman–Crippen MR) is 87.8 cm³/mol. The lowest BCUT2D eigenvalue weighted by Crippen LogP contribution is -2.45. The van der Waals surface area contributed by atoms with E-state index in [0.717, 1.165) is 4.90 Å². The molecule has 1 aliphatic heterocycles. The summed E-state index contributed by atoms with van der Waals surface area (Å²) in [7, 11) is 0. The molecule has 0 bridgehead atoms. The largest absolute Gasteiger partial charge is 0.394 e. The van der Waals surface area contributed by atoms with Crippen molar-refractivity contribution in [1.82, 2.24) is 0 Å². The summed E-state index contributed by atoms with van der Waals surface area (Å²) >= 11 is 0. The van der Waals surface area contributed by atoms with Gasteiger partial charge in [-0.25, -0.2) is 9.29 Å². The maximum atomic E-state index is 13.1. The summed E-state index contributed by atoms with van der Waals surface area (Å²) < 4.78 is 13.1. The molecule has 1 heterocycles. The van der Waals surface area contributed by atoms with Crippen LogP contribution in [0.15, 0.2) is 53.5 Å². The van der Waals surface area contributed by atoms with Crippen LogP contribution in [0.25, 0.3) is 0 Å². The fraction of sp³-hybridized carbons (Fsp3) is 0.167. The number of halogens is 1. The summed E-state index contributed by atoms with van der Waals surface area (Å²) in [6.45, 7) is 0.0517. The maximum Gasteiger partial charge on any atom is 0.265 e. The molecule has 0 aromatic heterocycles. The number of rotatable bonds is 4. The number of carbonyl (C=O) groups is 2. The van der Waals surface area contributed by atoms with Crippen LogP contribution < -0.4 is 4.90 Å². The van der Waals surface area contributed by atoms with Crippen LogP contribution in [0, 0.1) is 5.82 Å². The topological polar surface area (TPSA) is 70.0 Å². The number of aliphatic hydroxyl groups is 1. The third kappa shape index (κ3) is 2.83. The number of aliphatic hydroxyl groups excluding tert-OH is 1. The first-order chi connectivity index (χ1) is 11.6. The van der Waals surface area contributed by atoms with Crippen molar-refractivity contribution in [2.45, 2.75) is 5.92 Å². The number of carbonyl (C=O) groups excluding carboxylic acids is 2. The van der Waals surface area contributed by atoms with Crippen molar-refractivity contribution in [3.63, 3.8) is 0 Å². The van der Waals surface area contributed by atoms with Crippen LogP contribution in [-0.2, 0) is 4.79 Å². The van der Waals surface area contributed by atoms with E-state index in [1.54, 1.807) is 24.3 Å². The van der Waals surface area contributed by atoms with Crippen molar-refractivity contribution in [2.75, 3.05) is 18.1 Å². The monoisotopic (exact) mass is 326 g/mol. The second kappa shape index (κ2) is 6.72. The molecule has 5 nitrogen and oxygen atoms in total. The molecule has 2 aromatic carbocycles. The van der Waals surface area contributed by atoms with Crippen LogP contribution in [0.4, 0.5) is 10.1 Å². The normalized spacial score (nSPS) is 17.4. The molecule has 0 radical (unpaired) electrons. The van der Waals surface area contributed by atoms with Gasteiger partial charge in [-0.15, -0.1) is 0 Å². The Hall–Kier alpha value is -2.86. The van der Waals surface area contributed by atoms with Crippen LogP contribution in [0.1, 0.15) is 21.8 Å². The lowest BCUT2D eigenvalue weighted by Gasteiger charge is -2.30. The molecule has 0 spiro atoms. The van der Waals surface area contributed by atoms with Gasteiger partial charge in [-0.05, 0) is 35.9 Å². The number of benzene rings is 2. The molecule has 6 heteroatoms. The molecule has 1 aliphatic rings. The Morgan fingerprint density at radius 1 is 1.12 bits per heavy atom. The average Bonchev–Trinajstić information content (AvgIpc) is 2.60. The van der Waals surface area contributed by atoms with Crippen molar-refractivity contribution in [3.05, 3.63) is 65.5 Å². The first-order valence-electron chi connectivity index (χ1n) is 7.47. The van der Waals surface area contributed by atoms with Gasteiger partial charge in [-0.3, -0.25) is 14.6 Å². The Labute approximate surface area is 138 Å². The van der Waals surface area contributed by atoms with Gasteiger partial charge in [-0.1, -0.05) is 18.2 Å². The van der Waals surface area contributed by atoms with E-state index in [1.807, 2.05) is 0 Å². The summed E-state index contributed by atoms with van der Waals surface area (Å²) in [5.41, 5.74) is 1.29. The molecule has 0 fully saturated rings. The molecule has 1 N–H and O–H groups in total. The van der Waals surface area contributed by atoms with Gasteiger partial charge in [0.15, 0.2) is 0 Å². The van der Waals surface area contributed by atoms with E-state index in [0.29, 0.717) is 16.8 Å². The van der Waals surface area contributed by atoms with Crippen molar-refractivity contribution >= 4 is 23.7 Å². The minimum atomic E-state index is -0.726. The zero-order valence-corrected chi connectivity index (χ0v) is 12.7. The first-order valence-corrected chi connectivity index (χ1v) is 7.47. The van der Waals surface area contributed by atoms with Crippen molar-refractivity contribution < 1.29 is 19.1 Å². The Morgan fingerprint density at radius 2 is 1.83 bits per heavy atom. The Kier molecular flexibility index (Phi) is 4.48. The Balaban J connectivity index is 2.07. The fourth-order valence-electron chi connectivity index (χ4n) is 2.67. The second-order valence-corrected chi connectivity index (χ2v) is 5.30. The lowest BCUT2D eigenvalue weighted by atomic mass is 9.89. The zero-order chi connectivity index (χ0) is 17.1. The molecule has 2 aromatic rings. The smallest absolute Gasteiger partial charge is 0.265 e. The minimum absolute atomic E-state index is 0.125. The standard InChI is InChI=1S/C18H15FN2O3/c19-12-5-7-13(8-6-12)21-17(23)15-4-2-1-3-14(15)16(18(21)24)11-20-9-10-22/h1-8,11,16,22H,9-10H2. The number of hydrogen-bond donors (Lipinski definition) is 1. The van der Waals surface area contributed by atoms with Crippen molar-refractivity contribution in [1.29, 1.82) is 0 Å². The maximum absolute atomic E-state index is 13.1. The number of fused-ring (bicyclic) bond motifs is 1. The molecule has 1 atom stereocenters.